The van der Waals surface area contributed by atoms with Crippen molar-refractivity contribution in [3.8, 4) is 0 Å². The molecule has 1 aromatic rings. The summed E-state index contributed by atoms with van der Waals surface area (Å²) < 4.78 is 0. The van der Waals surface area contributed by atoms with Crippen LogP contribution >= 0.6 is 24.0 Å². The van der Waals surface area contributed by atoms with E-state index < -0.39 is 0 Å². The van der Waals surface area contributed by atoms with Gasteiger partial charge in [-0.25, -0.2) is 0 Å². The lowest BCUT2D eigenvalue weighted by Crippen LogP contribution is -2.43. The van der Waals surface area contributed by atoms with Gasteiger partial charge in [0.1, 0.15) is 0 Å². The first-order chi connectivity index (χ1) is 15.7. The predicted octanol–water partition coefficient (Wildman–Crippen LogP) is 2.02. The smallest absolute Gasteiger partial charge is 0.233 e. The van der Waals surface area contributed by atoms with E-state index in [1.54, 1.807) is 7.05 Å². The van der Waals surface area contributed by atoms with Crippen LogP contribution in [0.5, 0.6) is 0 Å². The van der Waals surface area contributed by atoms with Crippen molar-refractivity contribution < 1.29 is 9.59 Å². The second-order valence-corrected chi connectivity index (χ2v) is 9.40. The first-order valence-corrected chi connectivity index (χ1v) is 11.9. The summed E-state index contributed by atoms with van der Waals surface area (Å²) in [5, 5.41) is 6.70. The Bertz CT molecular complexity index is 918. The third kappa shape index (κ3) is 4.82. The van der Waals surface area contributed by atoms with Gasteiger partial charge in [-0.05, 0) is 42.2 Å². The van der Waals surface area contributed by atoms with E-state index in [4.69, 9.17) is 0 Å². The van der Waals surface area contributed by atoms with Gasteiger partial charge in [0.2, 0.25) is 11.8 Å². The number of imide groups is 1. The fourth-order valence-corrected chi connectivity index (χ4v) is 5.93. The molecule has 1 saturated heterocycles. The van der Waals surface area contributed by atoms with Crippen LogP contribution in [0.2, 0.25) is 0 Å². The molecule has 2 heterocycles. The highest BCUT2D eigenvalue weighted by atomic mass is 127. The normalized spacial score (nSPS) is 28.0. The number of likely N-dealkylation sites (tertiary alicyclic amines) is 1. The Balaban J connectivity index is 0.00000259. The van der Waals surface area contributed by atoms with Gasteiger partial charge < -0.3 is 10.6 Å². The zero-order chi connectivity index (χ0) is 22.1. The van der Waals surface area contributed by atoms with E-state index in [1.165, 1.54) is 16.0 Å². The van der Waals surface area contributed by atoms with Gasteiger partial charge in [0.25, 0.3) is 0 Å². The van der Waals surface area contributed by atoms with Gasteiger partial charge in [0.05, 0.1) is 11.8 Å². The summed E-state index contributed by atoms with van der Waals surface area (Å²) in [7, 11) is 1.77. The average Bonchev–Trinajstić information content (AvgIpc) is 3.50. The molecule has 0 aromatic heterocycles. The number of halogens is 1. The molecule has 0 radical (unpaired) electrons. The molecule has 5 rings (SSSR count). The Morgan fingerprint density at radius 3 is 2.36 bits per heavy atom. The van der Waals surface area contributed by atoms with Crippen molar-refractivity contribution in [2.24, 2.45) is 28.7 Å². The molecular weight excluding hydrogens is 529 g/mol. The van der Waals surface area contributed by atoms with Crippen LogP contribution in [0, 0.1) is 23.7 Å². The number of hydrogen-bond donors (Lipinski definition) is 2. The molecule has 1 saturated carbocycles. The van der Waals surface area contributed by atoms with Crippen LogP contribution in [0.25, 0.3) is 0 Å². The Labute approximate surface area is 213 Å². The predicted molar refractivity (Wildman–Crippen MR) is 139 cm³/mol. The van der Waals surface area contributed by atoms with Crippen molar-refractivity contribution in [2.75, 3.05) is 39.8 Å². The number of amides is 2. The molecule has 2 N–H and O–H groups in total. The quantitative estimate of drug-likeness (QED) is 0.133. The number of carbonyl (C=O) groups is 2. The lowest BCUT2D eigenvalue weighted by atomic mass is 9.85. The van der Waals surface area contributed by atoms with Gasteiger partial charge in [-0.15, -0.1) is 24.0 Å². The number of nitrogens with zero attached hydrogens (tertiary/aromatic N) is 3. The Hall–Kier alpha value is -1.94. The second-order valence-electron chi connectivity index (χ2n) is 9.40. The zero-order valence-electron chi connectivity index (χ0n) is 19.2. The fraction of sp³-hybridized carbons (Fsp3) is 0.560. The molecule has 4 aliphatic rings. The van der Waals surface area contributed by atoms with E-state index >= 15 is 0 Å². The van der Waals surface area contributed by atoms with Gasteiger partial charge in [0, 0.05) is 46.3 Å². The molecule has 2 amide bonds. The number of guanidine groups is 1. The number of allylic oxidation sites excluding steroid dienone is 2. The molecule has 33 heavy (non-hydrogen) atoms. The molecule has 2 aliphatic carbocycles. The minimum Gasteiger partial charge on any atom is -0.356 e. The van der Waals surface area contributed by atoms with Crippen LogP contribution < -0.4 is 10.6 Å². The summed E-state index contributed by atoms with van der Waals surface area (Å²) in [5.74, 6) is 1.22. The molecule has 7 nitrogen and oxygen atoms in total. The lowest BCUT2D eigenvalue weighted by molar-refractivity contribution is -0.140. The number of hydrogen-bond acceptors (Lipinski definition) is 4. The van der Waals surface area contributed by atoms with Gasteiger partial charge in [-0.1, -0.05) is 36.4 Å². The third-order valence-electron chi connectivity index (χ3n) is 7.57. The number of fused-ring (bicyclic) bond motifs is 6. The van der Waals surface area contributed by atoms with E-state index in [-0.39, 0.29) is 59.5 Å². The maximum absolute atomic E-state index is 12.8. The number of carbonyl (C=O) groups excluding carboxylic acids is 2. The molecule has 2 aliphatic heterocycles. The Morgan fingerprint density at radius 2 is 1.67 bits per heavy atom. The first kappa shape index (κ1) is 24.2. The van der Waals surface area contributed by atoms with Crippen LogP contribution in [-0.2, 0) is 22.6 Å². The lowest BCUT2D eigenvalue weighted by Gasteiger charge is -2.28. The van der Waals surface area contributed by atoms with Crippen LogP contribution in [0.4, 0.5) is 0 Å². The minimum atomic E-state index is -0.0957. The van der Waals surface area contributed by atoms with Gasteiger partial charge in [-0.2, -0.15) is 0 Å². The van der Waals surface area contributed by atoms with Gasteiger partial charge >= 0.3 is 0 Å². The maximum atomic E-state index is 12.8. The van der Waals surface area contributed by atoms with Crippen molar-refractivity contribution in [1.29, 1.82) is 0 Å². The second kappa shape index (κ2) is 10.5. The largest absolute Gasteiger partial charge is 0.356 e. The summed E-state index contributed by atoms with van der Waals surface area (Å²) >= 11 is 0. The number of rotatable bonds is 7. The van der Waals surface area contributed by atoms with Crippen molar-refractivity contribution in [3.05, 3.63) is 47.5 Å². The highest BCUT2D eigenvalue weighted by molar-refractivity contribution is 14.0. The van der Waals surface area contributed by atoms with Crippen molar-refractivity contribution in [3.63, 3.8) is 0 Å². The summed E-state index contributed by atoms with van der Waals surface area (Å²) in [6.07, 6.45) is 7.09. The molecule has 0 spiro atoms. The average molecular weight is 563 g/mol. The molecular formula is C25H34IN5O2. The van der Waals surface area contributed by atoms with E-state index in [1.807, 2.05) is 0 Å². The summed E-state index contributed by atoms with van der Waals surface area (Å²) in [6.45, 7) is 5.04. The number of aliphatic imine (C=N–C) groups is 1. The van der Waals surface area contributed by atoms with E-state index in [0.717, 1.165) is 51.4 Å². The molecule has 2 fully saturated rings. The molecule has 1 aromatic carbocycles. The van der Waals surface area contributed by atoms with E-state index in [9.17, 15) is 9.59 Å². The van der Waals surface area contributed by atoms with E-state index in [2.05, 4.69) is 56.9 Å². The standard InChI is InChI=1S/C25H33N5O2.HI/c1-26-25(28-11-14-29-13-9-17-5-2-3-6-20(17)16-29)27-10-4-12-30-23(31)21-18-7-8-19(15-18)22(21)24(30)32;/h2-3,5-8,18-19,21-22H,4,9-16H2,1H3,(H2,26,27,28);1H. The highest BCUT2D eigenvalue weighted by Gasteiger charge is 2.58. The van der Waals surface area contributed by atoms with Crippen molar-refractivity contribution >= 4 is 41.8 Å². The minimum absolute atomic E-state index is 0. The first-order valence-electron chi connectivity index (χ1n) is 11.9. The van der Waals surface area contributed by atoms with Crippen LogP contribution in [-0.4, -0.2) is 67.3 Å². The Morgan fingerprint density at radius 1 is 1.00 bits per heavy atom. The topological polar surface area (TPSA) is 77.0 Å². The Kier molecular flexibility index (Phi) is 7.73. The maximum Gasteiger partial charge on any atom is 0.233 e. The SMILES string of the molecule is CN=C(NCCCN1C(=O)C2C3C=CC(C3)C2C1=O)NCCN1CCc2ccccc2C1.I. The van der Waals surface area contributed by atoms with Gasteiger partial charge in [0.15, 0.2) is 5.96 Å². The number of nitrogens with one attached hydrogen (secondary N) is 2. The molecule has 4 unspecified atom stereocenters. The summed E-state index contributed by atoms with van der Waals surface area (Å²) in [6, 6.07) is 8.68. The summed E-state index contributed by atoms with van der Waals surface area (Å²) in [5.41, 5.74) is 2.90. The van der Waals surface area contributed by atoms with E-state index in [0.29, 0.717) is 13.1 Å². The van der Waals surface area contributed by atoms with Crippen LogP contribution in [0.3, 0.4) is 0 Å². The van der Waals surface area contributed by atoms with Crippen molar-refractivity contribution in [1.82, 2.24) is 20.4 Å². The molecule has 4 atom stereocenters. The fourth-order valence-electron chi connectivity index (χ4n) is 5.93. The number of benzene rings is 1. The third-order valence-corrected chi connectivity index (χ3v) is 7.57. The van der Waals surface area contributed by atoms with Gasteiger partial charge in [-0.3, -0.25) is 24.4 Å². The van der Waals surface area contributed by atoms with Crippen LogP contribution in [0.1, 0.15) is 24.0 Å². The molecule has 8 heteroatoms. The monoisotopic (exact) mass is 563 g/mol. The summed E-state index contributed by atoms with van der Waals surface area (Å²) in [4.78, 5) is 33.8. The molecule has 2 bridgehead atoms. The molecule has 178 valence electrons. The van der Waals surface area contributed by atoms with Crippen LogP contribution in [0.15, 0.2) is 41.4 Å². The zero-order valence-corrected chi connectivity index (χ0v) is 21.5. The van der Waals surface area contributed by atoms with Crippen molar-refractivity contribution in [2.45, 2.75) is 25.8 Å². The highest BCUT2D eigenvalue weighted by Crippen LogP contribution is 2.52.